The molecule has 0 heterocycles. The molecule has 0 unspecified atom stereocenters. The minimum absolute atomic E-state index is 0.105. The van der Waals surface area contributed by atoms with Crippen molar-refractivity contribution in [2.75, 3.05) is 4.90 Å². The molecule has 3 aliphatic rings. The summed E-state index contributed by atoms with van der Waals surface area (Å²) in [6.07, 6.45) is 0. The minimum atomic E-state index is -1.38. The van der Waals surface area contributed by atoms with Crippen molar-refractivity contribution in [3.05, 3.63) is 215 Å². The third-order valence-electron chi connectivity index (χ3n) is 13.3. The van der Waals surface area contributed by atoms with E-state index in [0.29, 0.717) is 0 Å². The van der Waals surface area contributed by atoms with Gasteiger partial charge in [-0.3, -0.25) is 0 Å². The highest BCUT2D eigenvalue weighted by molar-refractivity contribution is 6.88. The summed E-state index contributed by atoms with van der Waals surface area (Å²) in [4.78, 5) is 2.47. The van der Waals surface area contributed by atoms with Crippen molar-refractivity contribution in [1.82, 2.24) is 0 Å². The van der Waals surface area contributed by atoms with Crippen molar-refractivity contribution in [2.45, 2.75) is 44.3 Å². The van der Waals surface area contributed by atoms with Gasteiger partial charge in [0.2, 0.25) is 0 Å². The maximum absolute atomic E-state index is 2.47. The lowest BCUT2D eigenvalue weighted by atomic mass is 9.70. The molecule has 0 saturated carbocycles. The molecule has 1 nitrogen and oxygen atoms in total. The van der Waals surface area contributed by atoms with Gasteiger partial charge >= 0.3 is 0 Å². The predicted octanol–water partition coefficient (Wildman–Crippen LogP) is 14.0. The van der Waals surface area contributed by atoms with E-state index in [1.54, 1.807) is 0 Å². The third kappa shape index (κ3) is 4.80. The second-order valence-electron chi connectivity index (χ2n) is 17.7. The molecule has 0 saturated heterocycles. The van der Waals surface area contributed by atoms with Crippen LogP contribution in [-0.2, 0) is 10.8 Å². The van der Waals surface area contributed by atoms with Crippen molar-refractivity contribution in [2.24, 2.45) is 0 Å². The number of benzene rings is 8. The standard InChI is InChI=1S/C55H45NSi/c1-54(2)48-18-10-6-14-42(48)46-32-28-40(35-53(46)54)56(38-26-22-36(23-27-38)37-24-30-41(31-25-37)57(3,4)5)39-29-33-52-47(34-39)45-17-9-13-21-51(45)55(52)49-19-11-7-15-43(49)44-16-8-12-20-50(44)55/h6-35H,1-5H3. The molecule has 0 aliphatic heterocycles. The van der Waals surface area contributed by atoms with Crippen molar-refractivity contribution in [3.63, 3.8) is 0 Å². The summed E-state index contributed by atoms with van der Waals surface area (Å²) in [5.74, 6) is 0. The van der Waals surface area contributed by atoms with Crippen LogP contribution in [0, 0.1) is 0 Å². The van der Waals surface area contributed by atoms with Crippen molar-refractivity contribution < 1.29 is 0 Å². The summed E-state index contributed by atoms with van der Waals surface area (Å²) in [5.41, 5.74) is 21.7. The Hall–Kier alpha value is -6.22. The molecule has 0 amide bonds. The highest BCUT2D eigenvalue weighted by Gasteiger charge is 2.51. The highest BCUT2D eigenvalue weighted by atomic mass is 28.3. The van der Waals surface area contributed by atoms with Crippen LogP contribution in [0.3, 0.4) is 0 Å². The molecular weight excluding hydrogens is 703 g/mol. The lowest BCUT2D eigenvalue weighted by Crippen LogP contribution is -2.37. The molecule has 0 aromatic heterocycles. The van der Waals surface area contributed by atoms with E-state index in [4.69, 9.17) is 0 Å². The zero-order chi connectivity index (χ0) is 38.7. The normalized spacial score (nSPS) is 14.7. The van der Waals surface area contributed by atoms with E-state index in [1.807, 2.05) is 0 Å². The first-order valence-electron chi connectivity index (χ1n) is 20.3. The Kier molecular flexibility index (Phi) is 7.25. The molecule has 2 heteroatoms. The average molecular weight is 748 g/mol. The minimum Gasteiger partial charge on any atom is -0.310 e. The van der Waals surface area contributed by atoms with Crippen LogP contribution in [0.15, 0.2) is 182 Å². The average Bonchev–Trinajstić information content (AvgIpc) is 3.79. The van der Waals surface area contributed by atoms with Crippen LogP contribution in [0.1, 0.15) is 47.2 Å². The maximum atomic E-state index is 2.47. The second-order valence-corrected chi connectivity index (χ2v) is 22.8. The zero-order valence-electron chi connectivity index (χ0n) is 33.3. The molecule has 8 aromatic carbocycles. The molecular formula is C55H45NSi. The molecule has 0 fully saturated rings. The van der Waals surface area contributed by atoms with Gasteiger partial charge in [-0.25, -0.2) is 0 Å². The quantitative estimate of drug-likeness (QED) is 0.159. The summed E-state index contributed by atoms with van der Waals surface area (Å²) < 4.78 is 0. The lowest BCUT2D eigenvalue weighted by molar-refractivity contribution is 0.660. The van der Waals surface area contributed by atoms with Crippen molar-refractivity contribution in [1.29, 1.82) is 0 Å². The molecule has 3 aliphatic carbocycles. The first-order valence-corrected chi connectivity index (χ1v) is 23.8. The molecule has 8 aromatic rings. The molecule has 1 spiro atoms. The van der Waals surface area contributed by atoms with E-state index in [-0.39, 0.29) is 10.8 Å². The number of hydrogen-bond acceptors (Lipinski definition) is 1. The Morgan fingerprint density at radius 1 is 0.351 bits per heavy atom. The fraction of sp³-hybridized carbons (Fsp3) is 0.127. The van der Waals surface area contributed by atoms with Crippen molar-refractivity contribution in [3.8, 4) is 44.5 Å². The van der Waals surface area contributed by atoms with E-state index < -0.39 is 8.07 Å². The van der Waals surface area contributed by atoms with Crippen LogP contribution in [-0.4, -0.2) is 8.07 Å². The number of anilines is 3. The molecule has 0 N–H and O–H groups in total. The Labute approximate surface area is 338 Å². The van der Waals surface area contributed by atoms with Gasteiger partial charge in [0.25, 0.3) is 0 Å². The summed E-state index contributed by atoms with van der Waals surface area (Å²) >= 11 is 0. The monoisotopic (exact) mass is 747 g/mol. The molecule has 57 heavy (non-hydrogen) atoms. The topological polar surface area (TPSA) is 3.24 Å². The van der Waals surface area contributed by atoms with Crippen LogP contribution in [0.4, 0.5) is 17.1 Å². The Bertz CT molecular complexity index is 2860. The third-order valence-corrected chi connectivity index (χ3v) is 15.3. The van der Waals surface area contributed by atoms with Crippen LogP contribution in [0.5, 0.6) is 0 Å². The van der Waals surface area contributed by atoms with Gasteiger partial charge < -0.3 is 4.90 Å². The fourth-order valence-electron chi connectivity index (χ4n) is 10.5. The Balaban J connectivity index is 1.10. The molecule has 274 valence electrons. The predicted molar refractivity (Wildman–Crippen MR) is 243 cm³/mol. The van der Waals surface area contributed by atoms with Crippen LogP contribution in [0.2, 0.25) is 19.6 Å². The van der Waals surface area contributed by atoms with Gasteiger partial charge in [-0.15, -0.1) is 0 Å². The number of fused-ring (bicyclic) bond motifs is 13. The van der Waals surface area contributed by atoms with Crippen LogP contribution >= 0.6 is 0 Å². The van der Waals surface area contributed by atoms with Gasteiger partial charge in [-0.05, 0) is 114 Å². The van der Waals surface area contributed by atoms with E-state index in [1.165, 1.54) is 88.8 Å². The van der Waals surface area contributed by atoms with E-state index in [0.717, 1.165) is 11.4 Å². The first kappa shape index (κ1) is 34.1. The van der Waals surface area contributed by atoms with Crippen LogP contribution < -0.4 is 10.1 Å². The first-order chi connectivity index (χ1) is 27.7. The second kappa shape index (κ2) is 12.1. The fourth-order valence-corrected chi connectivity index (χ4v) is 11.6. The van der Waals surface area contributed by atoms with E-state index in [9.17, 15) is 0 Å². The smallest absolute Gasteiger partial charge is 0.0775 e. The summed E-state index contributed by atoms with van der Waals surface area (Å²) in [6, 6.07) is 69.0. The molecule has 11 rings (SSSR count). The van der Waals surface area contributed by atoms with Crippen LogP contribution in [0.25, 0.3) is 44.5 Å². The van der Waals surface area contributed by atoms with Gasteiger partial charge in [-0.1, -0.05) is 184 Å². The Morgan fingerprint density at radius 3 is 1.32 bits per heavy atom. The summed E-state index contributed by atoms with van der Waals surface area (Å²) in [7, 11) is -1.38. The van der Waals surface area contributed by atoms with Gasteiger partial charge in [0.1, 0.15) is 0 Å². The molecule has 0 bridgehead atoms. The number of hydrogen-bond donors (Lipinski definition) is 0. The zero-order valence-corrected chi connectivity index (χ0v) is 34.3. The van der Waals surface area contributed by atoms with E-state index >= 15 is 0 Å². The SMILES string of the molecule is CC1(C)c2ccccc2-c2ccc(N(c3ccc(-c4ccc([Si](C)(C)C)cc4)cc3)c3ccc4c(c3)-c3ccccc3C43c4ccccc4-c4ccccc43)cc21. The molecule has 0 radical (unpaired) electrons. The van der Waals surface area contributed by atoms with Gasteiger partial charge in [0, 0.05) is 22.5 Å². The number of rotatable bonds is 5. The van der Waals surface area contributed by atoms with Gasteiger partial charge in [0.05, 0.1) is 13.5 Å². The van der Waals surface area contributed by atoms with Gasteiger partial charge in [-0.2, -0.15) is 0 Å². The molecule has 0 atom stereocenters. The summed E-state index contributed by atoms with van der Waals surface area (Å²) in [6.45, 7) is 12.0. The Morgan fingerprint density at radius 2 is 0.754 bits per heavy atom. The highest BCUT2D eigenvalue weighted by Crippen LogP contribution is 2.63. The van der Waals surface area contributed by atoms with Crippen molar-refractivity contribution >= 4 is 30.3 Å². The maximum Gasteiger partial charge on any atom is 0.0775 e. The summed E-state index contributed by atoms with van der Waals surface area (Å²) in [5, 5.41) is 1.49. The number of nitrogens with zero attached hydrogens (tertiary/aromatic N) is 1. The largest absolute Gasteiger partial charge is 0.310 e. The lowest BCUT2D eigenvalue weighted by Gasteiger charge is -2.31. The van der Waals surface area contributed by atoms with Gasteiger partial charge in [0.15, 0.2) is 0 Å². The van der Waals surface area contributed by atoms with E-state index in [2.05, 4.69) is 220 Å².